The Balaban J connectivity index is 1.69. The van der Waals surface area contributed by atoms with Gasteiger partial charge in [-0.15, -0.1) is 11.3 Å². The number of hydrogen-bond acceptors (Lipinski definition) is 3. The molecule has 3 heterocycles. The van der Waals surface area contributed by atoms with Crippen molar-refractivity contribution in [2.75, 3.05) is 19.6 Å². The van der Waals surface area contributed by atoms with E-state index >= 15 is 0 Å². The number of thiophene rings is 1. The van der Waals surface area contributed by atoms with Crippen LogP contribution in [0.2, 0.25) is 0 Å². The third kappa shape index (κ3) is 2.98. The van der Waals surface area contributed by atoms with E-state index in [-0.39, 0.29) is 17.9 Å². The third-order valence-corrected chi connectivity index (χ3v) is 5.48. The molecular weight excluding hydrogens is 284 g/mol. The van der Waals surface area contributed by atoms with Crippen LogP contribution < -0.4 is 0 Å². The minimum absolute atomic E-state index is 0.0197. The van der Waals surface area contributed by atoms with E-state index in [0.29, 0.717) is 12.5 Å². The second-order valence-corrected chi connectivity index (χ2v) is 7.09. The fourth-order valence-electron chi connectivity index (χ4n) is 3.25. The van der Waals surface area contributed by atoms with Crippen molar-refractivity contribution in [1.29, 1.82) is 0 Å². The van der Waals surface area contributed by atoms with Crippen LogP contribution in [0.15, 0.2) is 17.5 Å². The summed E-state index contributed by atoms with van der Waals surface area (Å²) in [6.07, 6.45) is 3.90. The molecule has 5 heteroatoms. The van der Waals surface area contributed by atoms with E-state index < -0.39 is 0 Å². The van der Waals surface area contributed by atoms with Crippen molar-refractivity contribution in [3.8, 4) is 0 Å². The zero-order chi connectivity index (χ0) is 14.8. The maximum absolute atomic E-state index is 12.7. The number of hydrogen-bond donors (Lipinski definition) is 0. The smallest absolute Gasteiger partial charge is 0.264 e. The molecule has 1 aromatic rings. The Morgan fingerprint density at radius 3 is 2.62 bits per heavy atom. The van der Waals surface area contributed by atoms with Crippen LogP contribution in [0.5, 0.6) is 0 Å². The lowest BCUT2D eigenvalue weighted by Gasteiger charge is -2.34. The Labute approximate surface area is 129 Å². The van der Waals surface area contributed by atoms with E-state index in [2.05, 4.69) is 6.92 Å². The first-order valence-electron chi connectivity index (χ1n) is 7.80. The number of likely N-dealkylation sites (tertiary alicyclic amines) is 2. The monoisotopic (exact) mass is 306 g/mol. The van der Waals surface area contributed by atoms with Gasteiger partial charge in [-0.25, -0.2) is 0 Å². The molecule has 0 spiro atoms. The standard InChI is InChI=1S/C16H22N2O2S/c1-12-6-9-17(10-7-12)15(19)13-4-2-8-18(13)16(20)14-5-3-11-21-14/h3,5,11-13H,2,4,6-10H2,1H3/t13-/m0/s1. The Morgan fingerprint density at radius 1 is 1.19 bits per heavy atom. The van der Waals surface area contributed by atoms with Crippen LogP contribution in [-0.4, -0.2) is 47.3 Å². The van der Waals surface area contributed by atoms with E-state index in [4.69, 9.17) is 0 Å². The highest BCUT2D eigenvalue weighted by Crippen LogP contribution is 2.25. The Hall–Kier alpha value is -1.36. The molecule has 0 unspecified atom stereocenters. The molecule has 0 aromatic carbocycles. The highest BCUT2D eigenvalue weighted by Gasteiger charge is 2.37. The second-order valence-electron chi connectivity index (χ2n) is 6.14. The molecule has 1 atom stereocenters. The summed E-state index contributed by atoms with van der Waals surface area (Å²) in [5.41, 5.74) is 0. The second kappa shape index (κ2) is 6.18. The summed E-state index contributed by atoms with van der Waals surface area (Å²) in [4.78, 5) is 29.7. The lowest BCUT2D eigenvalue weighted by molar-refractivity contribution is -0.136. The molecule has 0 radical (unpaired) electrons. The first-order chi connectivity index (χ1) is 10.2. The Morgan fingerprint density at radius 2 is 1.95 bits per heavy atom. The van der Waals surface area contributed by atoms with Gasteiger partial charge in [0.25, 0.3) is 5.91 Å². The molecule has 21 heavy (non-hydrogen) atoms. The molecule has 2 aliphatic heterocycles. The molecule has 2 fully saturated rings. The van der Waals surface area contributed by atoms with Crippen LogP contribution in [0, 0.1) is 5.92 Å². The third-order valence-electron chi connectivity index (χ3n) is 4.63. The van der Waals surface area contributed by atoms with Gasteiger partial charge in [-0.05, 0) is 43.0 Å². The maximum atomic E-state index is 12.7. The molecular formula is C16H22N2O2S. The van der Waals surface area contributed by atoms with Gasteiger partial charge < -0.3 is 9.80 Å². The highest BCUT2D eigenvalue weighted by atomic mass is 32.1. The minimum Gasteiger partial charge on any atom is -0.341 e. The van der Waals surface area contributed by atoms with Crippen LogP contribution in [0.4, 0.5) is 0 Å². The minimum atomic E-state index is -0.243. The average molecular weight is 306 g/mol. The van der Waals surface area contributed by atoms with Crippen molar-refractivity contribution in [2.45, 2.75) is 38.6 Å². The number of piperidine rings is 1. The molecule has 0 saturated carbocycles. The SMILES string of the molecule is CC1CCN(C(=O)[C@@H]2CCCN2C(=O)c2cccs2)CC1. The van der Waals surface area contributed by atoms with Gasteiger partial charge in [0.15, 0.2) is 0 Å². The molecule has 2 amide bonds. The number of rotatable bonds is 2. The van der Waals surface area contributed by atoms with Crippen LogP contribution >= 0.6 is 11.3 Å². The zero-order valence-corrected chi connectivity index (χ0v) is 13.3. The largest absolute Gasteiger partial charge is 0.341 e. The number of carbonyl (C=O) groups excluding carboxylic acids is 2. The van der Waals surface area contributed by atoms with Crippen molar-refractivity contribution >= 4 is 23.2 Å². The highest BCUT2D eigenvalue weighted by molar-refractivity contribution is 7.12. The molecule has 114 valence electrons. The van der Waals surface area contributed by atoms with E-state index in [1.165, 1.54) is 11.3 Å². The quantitative estimate of drug-likeness (QED) is 0.842. The first-order valence-corrected chi connectivity index (χ1v) is 8.68. The van der Waals surface area contributed by atoms with E-state index in [1.807, 2.05) is 22.4 Å². The summed E-state index contributed by atoms with van der Waals surface area (Å²) in [5, 5.41) is 1.91. The average Bonchev–Trinajstić information content (AvgIpc) is 3.18. The summed E-state index contributed by atoms with van der Waals surface area (Å²) >= 11 is 1.45. The molecule has 3 rings (SSSR count). The number of amides is 2. The lowest BCUT2D eigenvalue weighted by Crippen LogP contribution is -2.49. The van der Waals surface area contributed by atoms with Crippen molar-refractivity contribution in [1.82, 2.24) is 9.80 Å². The molecule has 1 aromatic heterocycles. The normalized spacial score (nSPS) is 23.6. The summed E-state index contributed by atoms with van der Waals surface area (Å²) in [5.74, 6) is 0.886. The molecule has 0 N–H and O–H groups in total. The zero-order valence-electron chi connectivity index (χ0n) is 12.5. The number of nitrogens with zero attached hydrogens (tertiary/aromatic N) is 2. The molecule has 2 saturated heterocycles. The van der Waals surface area contributed by atoms with Gasteiger partial charge >= 0.3 is 0 Å². The van der Waals surface area contributed by atoms with Gasteiger partial charge in [0.2, 0.25) is 5.91 Å². The molecule has 4 nitrogen and oxygen atoms in total. The van der Waals surface area contributed by atoms with Gasteiger partial charge in [-0.1, -0.05) is 13.0 Å². The van der Waals surface area contributed by atoms with E-state index in [1.54, 1.807) is 4.90 Å². The first kappa shape index (κ1) is 14.6. The van der Waals surface area contributed by atoms with Gasteiger partial charge in [0.1, 0.15) is 6.04 Å². The fraction of sp³-hybridized carbons (Fsp3) is 0.625. The Bertz CT molecular complexity index is 506. The van der Waals surface area contributed by atoms with Crippen LogP contribution in [0.25, 0.3) is 0 Å². The van der Waals surface area contributed by atoms with Gasteiger partial charge in [-0.2, -0.15) is 0 Å². The number of carbonyl (C=O) groups is 2. The van der Waals surface area contributed by atoms with E-state index in [0.717, 1.165) is 43.6 Å². The van der Waals surface area contributed by atoms with Crippen LogP contribution in [-0.2, 0) is 4.79 Å². The van der Waals surface area contributed by atoms with Crippen molar-refractivity contribution < 1.29 is 9.59 Å². The predicted octanol–water partition coefficient (Wildman–Crippen LogP) is 2.61. The molecule has 0 aliphatic carbocycles. The summed E-state index contributed by atoms with van der Waals surface area (Å²) in [7, 11) is 0. The predicted molar refractivity (Wildman–Crippen MR) is 83.4 cm³/mol. The molecule has 2 aliphatic rings. The van der Waals surface area contributed by atoms with Crippen molar-refractivity contribution in [2.24, 2.45) is 5.92 Å². The maximum Gasteiger partial charge on any atom is 0.264 e. The lowest BCUT2D eigenvalue weighted by atomic mass is 9.98. The topological polar surface area (TPSA) is 40.6 Å². The van der Waals surface area contributed by atoms with E-state index in [9.17, 15) is 9.59 Å². The summed E-state index contributed by atoms with van der Waals surface area (Å²) in [6, 6.07) is 3.49. The van der Waals surface area contributed by atoms with Crippen molar-refractivity contribution in [3.05, 3.63) is 22.4 Å². The van der Waals surface area contributed by atoms with Gasteiger partial charge in [-0.3, -0.25) is 9.59 Å². The van der Waals surface area contributed by atoms with Gasteiger partial charge in [0.05, 0.1) is 4.88 Å². The Kier molecular flexibility index (Phi) is 4.29. The fourth-order valence-corrected chi connectivity index (χ4v) is 3.93. The summed E-state index contributed by atoms with van der Waals surface area (Å²) in [6.45, 7) is 4.64. The van der Waals surface area contributed by atoms with Crippen LogP contribution in [0.1, 0.15) is 42.3 Å². The summed E-state index contributed by atoms with van der Waals surface area (Å²) < 4.78 is 0. The van der Waals surface area contributed by atoms with Gasteiger partial charge in [0, 0.05) is 19.6 Å². The molecule has 0 bridgehead atoms. The van der Waals surface area contributed by atoms with Crippen molar-refractivity contribution in [3.63, 3.8) is 0 Å². The van der Waals surface area contributed by atoms with Crippen LogP contribution in [0.3, 0.4) is 0 Å².